The number of esters is 3. The fraction of sp³-hybridized carbons (Fsp3) is 0.727. The summed E-state index contributed by atoms with van der Waals surface area (Å²) in [4.78, 5) is 37.2. The number of aliphatic hydroxyl groups excluding tert-OH is 1. The average Bonchev–Trinajstić information content (AvgIpc) is 2.96. The Kier molecular flexibility index (Phi) is 14.2. The lowest BCUT2D eigenvalue weighted by Gasteiger charge is -2.44. The van der Waals surface area contributed by atoms with Crippen LogP contribution in [-0.4, -0.2) is 49.4 Å². The number of hydrogen-bond acceptors (Lipinski definition) is 7. The molecular formula is C33H52O7. The van der Waals surface area contributed by atoms with Crippen molar-refractivity contribution >= 4 is 17.9 Å². The maximum atomic E-state index is 12.4. The van der Waals surface area contributed by atoms with Gasteiger partial charge in [-0.15, -0.1) is 0 Å². The third kappa shape index (κ3) is 10.2. The van der Waals surface area contributed by atoms with Gasteiger partial charge in [0.2, 0.25) is 0 Å². The van der Waals surface area contributed by atoms with Crippen LogP contribution in [0.25, 0.3) is 0 Å². The minimum absolute atomic E-state index is 0.000155. The molecule has 0 aliphatic heterocycles. The first-order chi connectivity index (χ1) is 19.0. The van der Waals surface area contributed by atoms with Crippen LogP contribution in [0.2, 0.25) is 0 Å². The van der Waals surface area contributed by atoms with Crippen molar-refractivity contribution in [3.63, 3.8) is 0 Å². The van der Waals surface area contributed by atoms with Crippen molar-refractivity contribution in [2.45, 2.75) is 97.8 Å². The smallest absolute Gasteiger partial charge is 0.335 e. The van der Waals surface area contributed by atoms with Gasteiger partial charge < -0.3 is 19.3 Å². The van der Waals surface area contributed by atoms with Gasteiger partial charge in [-0.3, -0.25) is 0 Å². The summed E-state index contributed by atoms with van der Waals surface area (Å²) in [5, 5.41) is 9.32. The summed E-state index contributed by atoms with van der Waals surface area (Å²) in [5.74, 6) is 0.441. The van der Waals surface area contributed by atoms with Crippen LogP contribution in [0.1, 0.15) is 97.8 Å². The van der Waals surface area contributed by atoms with Crippen LogP contribution in [0.5, 0.6) is 0 Å². The molecular weight excluding hydrogens is 508 g/mol. The summed E-state index contributed by atoms with van der Waals surface area (Å²) < 4.78 is 16.8. The fourth-order valence-electron chi connectivity index (χ4n) is 6.35. The molecule has 0 radical (unpaired) electrons. The lowest BCUT2D eigenvalue weighted by molar-refractivity contribution is -0.164. The molecule has 0 aromatic heterocycles. The second kappa shape index (κ2) is 16.8. The van der Waals surface area contributed by atoms with E-state index >= 15 is 0 Å². The van der Waals surface area contributed by atoms with Gasteiger partial charge in [0, 0.05) is 11.1 Å². The Labute approximate surface area is 241 Å². The van der Waals surface area contributed by atoms with Crippen LogP contribution < -0.4 is 0 Å². The Hall–Kier alpha value is -2.41. The molecule has 226 valence electrons. The predicted octanol–water partition coefficient (Wildman–Crippen LogP) is 6.50. The van der Waals surface area contributed by atoms with E-state index in [2.05, 4.69) is 26.7 Å². The largest absolute Gasteiger partial charge is 0.461 e. The molecule has 0 unspecified atom stereocenters. The quantitative estimate of drug-likeness (QED) is 0.0996. The molecule has 0 bridgehead atoms. The van der Waals surface area contributed by atoms with E-state index in [1.165, 1.54) is 51.4 Å². The monoisotopic (exact) mass is 560 g/mol. The predicted molar refractivity (Wildman–Crippen MR) is 156 cm³/mol. The molecule has 2 saturated carbocycles. The van der Waals surface area contributed by atoms with E-state index in [-0.39, 0.29) is 42.5 Å². The van der Waals surface area contributed by atoms with Crippen molar-refractivity contribution < 1.29 is 33.7 Å². The molecule has 0 aromatic carbocycles. The zero-order chi connectivity index (χ0) is 29.7. The highest BCUT2D eigenvalue weighted by Gasteiger charge is 2.45. The lowest BCUT2D eigenvalue weighted by Crippen LogP contribution is -2.47. The Bertz CT molecular complexity index is 858. The number of rotatable bonds is 16. The third-order valence-electron chi connectivity index (χ3n) is 9.06. The van der Waals surface area contributed by atoms with Gasteiger partial charge in [-0.25, -0.2) is 14.4 Å². The summed E-state index contributed by atoms with van der Waals surface area (Å²) in [7, 11) is 0. The Morgan fingerprint density at radius 3 is 1.60 bits per heavy atom. The van der Waals surface area contributed by atoms with Crippen LogP contribution in [0.4, 0.5) is 0 Å². The van der Waals surface area contributed by atoms with E-state index in [9.17, 15) is 19.5 Å². The summed E-state index contributed by atoms with van der Waals surface area (Å²) in [6, 6.07) is 0. The molecule has 2 rings (SSSR count). The SMILES string of the molecule is C=C(C)C(=O)OCC(COC(=O)C(=C)C)(COC(=O)C(=C)CO)C1CCC(C2CCC(CCCCC)CC2)CC1. The van der Waals surface area contributed by atoms with Crippen molar-refractivity contribution in [1.82, 2.24) is 0 Å². The molecule has 7 nitrogen and oxygen atoms in total. The molecule has 1 N–H and O–H groups in total. The van der Waals surface area contributed by atoms with E-state index in [1.54, 1.807) is 13.8 Å². The summed E-state index contributed by atoms with van der Waals surface area (Å²) in [6.45, 7) is 15.5. The number of hydrogen-bond donors (Lipinski definition) is 1. The van der Waals surface area contributed by atoms with Gasteiger partial charge >= 0.3 is 17.9 Å². The van der Waals surface area contributed by atoms with Gasteiger partial charge in [-0.2, -0.15) is 0 Å². The number of ether oxygens (including phenoxy) is 3. The Balaban J connectivity index is 2.15. The maximum Gasteiger partial charge on any atom is 0.335 e. The van der Waals surface area contributed by atoms with E-state index in [4.69, 9.17) is 14.2 Å². The van der Waals surface area contributed by atoms with E-state index in [1.807, 2.05) is 0 Å². The van der Waals surface area contributed by atoms with Crippen molar-refractivity contribution in [1.29, 1.82) is 0 Å². The summed E-state index contributed by atoms with van der Waals surface area (Å²) >= 11 is 0. The number of carbonyl (C=O) groups excluding carboxylic acids is 3. The van der Waals surface area contributed by atoms with Crippen LogP contribution >= 0.6 is 0 Å². The van der Waals surface area contributed by atoms with Gasteiger partial charge in [0.25, 0.3) is 0 Å². The highest BCUT2D eigenvalue weighted by atomic mass is 16.6. The average molecular weight is 561 g/mol. The minimum atomic E-state index is -0.941. The Morgan fingerprint density at radius 2 is 1.18 bits per heavy atom. The molecule has 0 spiro atoms. The van der Waals surface area contributed by atoms with Crippen molar-refractivity contribution in [3.8, 4) is 0 Å². The van der Waals surface area contributed by atoms with Crippen LogP contribution in [-0.2, 0) is 28.6 Å². The standard InChI is InChI=1S/C33H52O7/c1-7-8-9-10-26-11-13-27(14-12-26)28-15-17-29(18-16-28)33(20-38-30(35)23(2)3,21-39-31(36)24(4)5)22-40-32(37)25(6)19-34/h26-29,34H,2,4,6-22H2,1,3,5H3. The van der Waals surface area contributed by atoms with E-state index in [0.29, 0.717) is 5.92 Å². The summed E-state index contributed by atoms with van der Waals surface area (Å²) in [6.07, 6.45) is 14.4. The number of aliphatic hydroxyl groups is 1. The number of carbonyl (C=O) groups is 3. The first kappa shape index (κ1) is 33.8. The van der Waals surface area contributed by atoms with Gasteiger partial charge in [-0.05, 0) is 76.0 Å². The minimum Gasteiger partial charge on any atom is -0.461 e. The van der Waals surface area contributed by atoms with Gasteiger partial charge in [0.05, 0.1) is 17.6 Å². The molecule has 0 aromatic rings. The molecule has 2 fully saturated rings. The van der Waals surface area contributed by atoms with E-state index in [0.717, 1.165) is 37.5 Å². The molecule has 2 aliphatic carbocycles. The lowest BCUT2D eigenvalue weighted by atomic mass is 9.63. The van der Waals surface area contributed by atoms with Gasteiger partial charge in [-0.1, -0.05) is 65.2 Å². The number of unbranched alkanes of at least 4 members (excludes halogenated alkanes) is 2. The summed E-state index contributed by atoms with van der Waals surface area (Å²) in [5.41, 5.74) is -0.496. The molecule has 2 aliphatic rings. The van der Waals surface area contributed by atoms with Crippen LogP contribution in [0.15, 0.2) is 36.5 Å². The molecule has 0 heterocycles. The van der Waals surface area contributed by atoms with E-state index < -0.39 is 29.9 Å². The molecule has 0 saturated heterocycles. The first-order valence-corrected chi connectivity index (χ1v) is 15.1. The normalized spacial score (nSPS) is 23.1. The zero-order valence-corrected chi connectivity index (χ0v) is 25.1. The van der Waals surface area contributed by atoms with Gasteiger partial charge in [0.1, 0.15) is 19.8 Å². The van der Waals surface area contributed by atoms with Crippen molar-refractivity contribution in [2.24, 2.45) is 29.1 Å². The first-order valence-electron chi connectivity index (χ1n) is 15.1. The van der Waals surface area contributed by atoms with Crippen LogP contribution in [0.3, 0.4) is 0 Å². The second-order valence-electron chi connectivity index (χ2n) is 12.3. The second-order valence-corrected chi connectivity index (χ2v) is 12.3. The highest BCUT2D eigenvalue weighted by Crippen LogP contribution is 2.47. The fourth-order valence-corrected chi connectivity index (χ4v) is 6.35. The molecule has 0 amide bonds. The highest BCUT2D eigenvalue weighted by molar-refractivity contribution is 5.88. The molecule has 7 heteroatoms. The van der Waals surface area contributed by atoms with Gasteiger partial charge in [0.15, 0.2) is 0 Å². The van der Waals surface area contributed by atoms with Crippen molar-refractivity contribution in [2.75, 3.05) is 26.4 Å². The topological polar surface area (TPSA) is 99.1 Å². The third-order valence-corrected chi connectivity index (χ3v) is 9.06. The van der Waals surface area contributed by atoms with Crippen LogP contribution in [0, 0.1) is 29.1 Å². The zero-order valence-electron chi connectivity index (χ0n) is 25.1. The molecule has 0 atom stereocenters. The maximum absolute atomic E-state index is 12.4. The van der Waals surface area contributed by atoms with Crippen molar-refractivity contribution in [3.05, 3.63) is 36.5 Å². The molecule has 40 heavy (non-hydrogen) atoms. The Morgan fingerprint density at radius 1 is 0.725 bits per heavy atom.